The molecule has 7 heteroatoms. The number of esters is 1. The van der Waals surface area contributed by atoms with E-state index in [1.165, 1.54) is 11.8 Å². The van der Waals surface area contributed by atoms with Gasteiger partial charge in [-0.05, 0) is 13.3 Å². The van der Waals surface area contributed by atoms with Gasteiger partial charge in [0.1, 0.15) is 0 Å². The van der Waals surface area contributed by atoms with Gasteiger partial charge in [-0.15, -0.1) is 0 Å². The molecular formula is C11H19N3O4. The highest BCUT2D eigenvalue weighted by Gasteiger charge is 2.33. The third-order valence-electron chi connectivity index (χ3n) is 2.71. The maximum atomic E-state index is 11.9. The summed E-state index contributed by atoms with van der Waals surface area (Å²) in [5.74, 6) is -1.31. The van der Waals surface area contributed by atoms with E-state index in [1.807, 2.05) is 0 Å². The molecule has 18 heavy (non-hydrogen) atoms. The first kappa shape index (κ1) is 14.4. The van der Waals surface area contributed by atoms with Crippen LogP contribution in [0, 0.1) is 0 Å². The van der Waals surface area contributed by atoms with Crippen LogP contribution in [-0.2, 0) is 19.1 Å². The van der Waals surface area contributed by atoms with Crippen molar-refractivity contribution in [2.45, 2.75) is 32.4 Å². The van der Waals surface area contributed by atoms with Crippen LogP contribution in [0.3, 0.4) is 0 Å². The molecule has 0 aromatic carbocycles. The largest absolute Gasteiger partial charge is 0.464 e. The van der Waals surface area contributed by atoms with Gasteiger partial charge in [0.2, 0.25) is 5.91 Å². The normalized spacial score (nSPS) is 20.4. The first-order valence-electron chi connectivity index (χ1n) is 5.93. The summed E-state index contributed by atoms with van der Waals surface area (Å²) in [5.41, 5.74) is 5.52. The number of likely N-dealkylation sites (tertiary alicyclic amines) is 1. The van der Waals surface area contributed by atoms with E-state index < -0.39 is 17.9 Å². The fourth-order valence-corrected chi connectivity index (χ4v) is 1.90. The van der Waals surface area contributed by atoms with Crippen LogP contribution in [0.4, 0.5) is 0 Å². The molecule has 2 atom stereocenters. The van der Waals surface area contributed by atoms with Gasteiger partial charge in [-0.25, -0.2) is 4.79 Å². The van der Waals surface area contributed by atoms with Crippen molar-refractivity contribution in [3.05, 3.63) is 0 Å². The number of nitrogens with zero attached hydrogens (tertiary/aromatic N) is 1. The summed E-state index contributed by atoms with van der Waals surface area (Å²) in [6, 6.07) is -1.35. The molecule has 1 rings (SSSR count). The fraction of sp³-hybridized carbons (Fsp3) is 0.727. The summed E-state index contributed by atoms with van der Waals surface area (Å²) < 4.78 is 4.69. The summed E-state index contributed by atoms with van der Waals surface area (Å²) in [6.07, 6.45) is 0.668. The summed E-state index contributed by atoms with van der Waals surface area (Å²) in [5, 5.41) is 2.73. The second kappa shape index (κ2) is 6.34. The van der Waals surface area contributed by atoms with E-state index in [-0.39, 0.29) is 18.6 Å². The van der Waals surface area contributed by atoms with E-state index in [9.17, 15) is 14.4 Å². The zero-order valence-corrected chi connectivity index (χ0v) is 10.6. The van der Waals surface area contributed by atoms with Gasteiger partial charge in [0.15, 0.2) is 6.04 Å². The van der Waals surface area contributed by atoms with E-state index in [4.69, 9.17) is 10.5 Å². The third kappa shape index (κ3) is 3.69. The Kier molecular flexibility index (Phi) is 5.08. The summed E-state index contributed by atoms with van der Waals surface area (Å²) in [4.78, 5) is 35.6. The zero-order valence-electron chi connectivity index (χ0n) is 10.6. The van der Waals surface area contributed by atoms with Gasteiger partial charge in [-0.1, -0.05) is 0 Å². The van der Waals surface area contributed by atoms with E-state index in [0.29, 0.717) is 19.5 Å². The average molecular weight is 257 g/mol. The number of hydrogen-bond acceptors (Lipinski definition) is 5. The van der Waals surface area contributed by atoms with Gasteiger partial charge in [-0.3, -0.25) is 9.59 Å². The van der Waals surface area contributed by atoms with Crippen LogP contribution >= 0.6 is 0 Å². The van der Waals surface area contributed by atoms with Gasteiger partial charge in [-0.2, -0.15) is 0 Å². The smallest absolute Gasteiger partial charge is 0.332 e. The molecule has 1 heterocycles. The molecule has 2 unspecified atom stereocenters. The Morgan fingerprint density at radius 1 is 1.50 bits per heavy atom. The number of ether oxygens (including phenoxy) is 1. The van der Waals surface area contributed by atoms with E-state index in [0.717, 1.165) is 0 Å². The van der Waals surface area contributed by atoms with Crippen molar-refractivity contribution in [1.82, 2.24) is 10.2 Å². The van der Waals surface area contributed by atoms with Gasteiger partial charge in [0.05, 0.1) is 6.61 Å². The van der Waals surface area contributed by atoms with Crippen molar-refractivity contribution in [1.29, 1.82) is 0 Å². The topological polar surface area (TPSA) is 102 Å². The number of rotatable bonds is 4. The molecule has 1 fully saturated rings. The molecule has 0 bridgehead atoms. The molecule has 2 amide bonds. The first-order valence-corrected chi connectivity index (χ1v) is 5.93. The highest BCUT2D eigenvalue weighted by molar-refractivity contribution is 6.01. The fourth-order valence-electron chi connectivity index (χ4n) is 1.90. The van der Waals surface area contributed by atoms with Crippen LogP contribution in [-0.4, -0.2) is 54.5 Å². The lowest BCUT2D eigenvalue weighted by atomic mass is 10.2. The minimum atomic E-state index is -1.28. The number of hydrogen-bond donors (Lipinski definition) is 2. The predicted molar refractivity (Wildman–Crippen MR) is 63.4 cm³/mol. The van der Waals surface area contributed by atoms with Crippen LogP contribution in [0.5, 0.6) is 0 Å². The van der Waals surface area contributed by atoms with E-state index in [1.54, 1.807) is 6.92 Å². The highest BCUT2D eigenvalue weighted by Crippen LogP contribution is 2.10. The molecule has 7 nitrogen and oxygen atoms in total. The van der Waals surface area contributed by atoms with Crippen molar-refractivity contribution in [2.24, 2.45) is 5.73 Å². The molecule has 0 radical (unpaired) electrons. The standard InChI is InChI=1S/C11H19N3O4/c1-3-18-11(17)9(12)10(16)14-5-4-8(6-14)13-7(2)15/h8-9H,3-6,12H2,1-2H3,(H,13,15). The van der Waals surface area contributed by atoms with Gasteiger partial charge in [0, 0.05) is 26.1 Å². The van der Waals surface area contributed by atoms with Crippen molar-refractivity contribution >= 4 is 17.8 Å². The number of carbonyl (C=O) groups is 3. The Labute approximate surface area is 106 Å². The Hall–Kier alpha value is -1.63. The maximum absolute atomic E-state index is 11.9. The number of amides is 2. The van der Waals surface area contributed by atoms with E-state index >= 15 is 0 Å². The van der Waals surface area contributed by atoms with Crippen LogP contribution in [0.1, 0.15) is 20.3 Å². The molecule has 3 N–H and O–H groups in total. The molecule has 0 aliphatic carbocycles. The Balaban J connectivity index is 2.49. The van der Waals surface area contributed by atoms with Crippen molar-refractivity contribution < 1.29 is 19.1 Å². The van der Waals surface area contributed by atoms with Gasteiger partial charge >= 0.3 is 5.97 Å². The highest BCUT2D eigenvalue weighted by atomic mass is 16.5. The molecule has 1 aliphatic heterocycles. The number of carbonyl (C=O) groups excluding carboxylic acids is 3. The van der Waals surface area contributed by atoms with Gasteiger partial charge in [0.25, 0.3) is 5.91 Å². The summed E-state index contributed by atoms with van der Waals surface area (Å²) in [6.45, 7) is 4.13. The number of nitrogens with one attached hydrogen (secondary N) is 1. The average Bonchev–Trinajstić information content (AvgIpc) is 2.75. The predicted octanol–water partition coefficient (Wildman–Crippen LogP) is -1.39. The second-order valence-electron chi connectivity index (χ2n) is 4.20. The first-order chi connectivity index (χ1) is 8.45. The SMILES string of the molecule is CCOC(=O)C(N)C(=O)N1CCC(NC(C)=O)C1. The number of nitrogens with two attached hydrogens (primary N) is 1. The summed E-state index contributed by atoms with van der Waals surface area (Å²) in [7, 11) is 0. The second-order valence-corrected chi connectivity index (χ2v) is 4.20. The molecule has 0 saturated carbocycles. The minimum Gasteiger partial charge on any atom is -0.464 e. The van der Waals surface area contributed by atoms with Crippen LogP contribution in [0.25, 0.3) is 0 Å². The molecule has 0 spiro atoms. The Morgan fingerprint density at radius 2 is 2.17 bits per heavy atom. The Morgan fingerprint density at radius 3 is 2.72 bits per heavy atom. The molecular weight excluding hydrogens is 238 g/mol. The lowest BCUT2D eigenvalue weighted by molar-refractivity contribution is -0.150. The Bertz CT molecular complexity index is 345. The molecule has 0 aromatic heterocycles. The third-order valence-corrected chi connectivity index (χ3v) is 2.71. The van der Waals surface area contributed by atoms with Crippen LogP contribution in [0.2, 0.25) is 0 Å². The molecule has 1 saturated heterocycles. The monoisotopic (exact) mass is 257 g/mol. The van der Waals surface area contributed by atoms with Crippen molar-refractivity contribution in [3.63, 3.8) is 0 Å². The quantitative estimate of drug-likeness (QED) is 0.477. The lowest BCUT2D eigenvalue weighted by Gasteiger charge is -2.19. The zero-order chi connectivity index (χ0) is 13.7. The maximum Gasteiger partial charge on any atom is 0.332 e. The minimum absolute atomic E-state index is 0.0687. The lowest BCUT2D eigenvalue weighted by Crippen LogP contribution is -2.49. The van der Waals surface area contributed by atoms with Crippen LogP contribution in [0.15, 0.2) is 0 Å². The van der Waals surface area contributed by atoms with E-state index in [2.05, 4.69) is 5.32 Å². The molecule has 1 aliphatic rings. The van der Waals surface area contributed by atoms with Crippen LogP contribution < -0.4 is 11.1 Å². The van der Waals surface area contributed by atoms with Crippen molar-refractivity contribution in [2.75, 3.05) is 19.7 Å². The molecule has 0 aromatic rings. The van der Waals surface area contributed by atoms with Crippen molar-refractivity contribution in [3.8, 4) is 0 Å². The van der Waals surface area contributed by atoms with Gasteiger partial charge < -0.3 is 20.7 Å². The summed E-state index contributed by atoms with van der Waals surface area (Å²) >= 11 is 0. The molecule has 102 valence electrons.